The molecule has 0 aliphatic heterocycles. The second kappa shape index (κ2) is 6.92. The number of ether oxygens (including phenoxy) is 1. The van der Waals surface area contributed by atoms with Crippen LogP contribution in [0, 0.1) is 12.7 Å². The predicted molar refractivity (Wildman–Crippen MR) is 84.7 cm³/mol. The van der Waals surface area contributed by atoms with Crippen molar-refractivity contribution in [1.29, 1.82) is 0 Å². The number of hydrogen-bond donors (Lipinski definition) is 1. The molecule has 0 fully saturated rings. The van der Waals surface area contributed by atoms with E-state index in [9.17, 15) is 4.39 Å². The molecule has 112 valence electrons. The molecule has 21 heavy (non-hydrogen) atoms. The van der Waals surface area contributed by atoms with E-state index in [2.05, 4.69) is 5.32 Å². The molecular weight excluding hydrogens is 289 g/mol. The van der Waals surface area contributed by atoms with E-state index in [1.54, 1.807) is 32.2 Å². The Balaban J connectivity index is 2.44. The zero-order valence-electron chi connectivity index (χ0n) is 12.4. The van der Waals surface area contributed by atoms with Gasteiger partial charge in [0.1, 0.15) is 11.6 Å². The van der Waals surface area contributed by atoms with Crippen molar-refractivity contribution in [3.63, 3.8) is 0 Å². The smallest absolute Gasteiger partial charge is 0.137 e. The molecule has 0 spiro atoms. The quantitative estimate of drug-likeness (QED) is 0.878. The Morgan fingerprint density at radius 2 is 1.86 bits per heavy atom. The van der Waals surface area contributed by atoms with Gasteiger partial charge in [-0.15, -0.1) is 0 Å². The van der Waals surface area contributed by atoms with Crippen LogP contribution < -0.4 is 10.1 Å². The summed E-state index contributed by atoms with van der Waals surface area (Å²) < 4.78 is 19.1. The lowest BCUT2D eigenvalue weighted by molar-refractivity contribution is 0.414. The van der Waals surface area contributed by atoms with E-state index >= 15 is 0 Å². The zero-order chi connectivity index (χ0) is 15.4. The fourth-order valence-corrected chi connectivity index (χ4v) is 2.47. The number of benzene rings is 2. The Morgan fingerprint density at radius 3 is 2.48 bits per heavy atom. The van der Waals surface area contributed by atoms with Crippen molar-refractivity contribution in [2.75, 3.05) is 13.7 Å². The predicted octanol–water partition coefficient (Wildman–Crippen LogP) is 4.50. The van der Waals surface area contributed by atoms with Crippen LogP contribution in [0.5, 0.6) is 5.75 Å². The van der Waals surface area contributed by atoms with Crippen LogP contribution in [-0.4, -0.2) is 13.7 Å². The fourth-order valence-electron chi connectivity index (χ4n) is 2.28. The van der Waals surface area contributed by atoms with Crippen molar-refractivity contribution >= 4 is 11.6 Å². The van der Waals surface area contributed by atoms with Gasteiger partial charge in [0, 0.05) is 0 Å². The molecule has 0 aliphatic rings. The molecule has 2 rings (SSSR count). The van der Waals surface area contributed by atoms with Gasteiger partial charge in [-0.2, -0.15) is 0 Å². The van der Waals surface area contributed by atoms with Gasteiger partial charge in [0.25, 0.3) is 0 Å². The lowest BCUT2D eigenvalue weighted by atomic mass is 9.97. The Labute approximate surface area is 129 Å². The van der Waals surface area contributed by atoms with Gasteiger partial charge in [-0.25, -0.2) is 4.39 Å². The molecule has 2 aromatic rings. The van der Waals surface area contributed by atoms with Gasteiger partial charge >= 0.3 is 0 Å². The first kappa shape index (κ1) is 15.8. The highest BCUT2D eigenvalue weighted by Crippen LogP contribution is 2.31. The largest absolute Gasteiger partial charge is 0.495 e. The maximum atomic E-state index is 13.8. The van der Waals surface area contributed by atoms with Crippen LogP contribution in [-0.2, 0) is 0 Å². The SMILES string of the molecule is CCNC(c1ccc(C)c(F)c1)c1ccc(Cl)c(OC)c1. The summed E-state index contributed by atoms with van der Waals surface area (Å²) in [5, 5.41) is 3.93. The van der Waals surface area contributed by atoms with E-state index in [0.29, 0.717) is 16.3 Å². The normalized spacial score (nSPS) is 12.2. The maximum Gasteiger partial charge on any atom is 0.137 e. The third-order valence-corrected chi connectivity index (χ3v) is 3.76. The highest BCUT2D eigenvalue weighted by molar-refractivity contribution is 6.32. The molecule has 1 unspecified atom stereocenters. The Kier molecular flexibility index (Phi) is 5.21. The van der Waals surface area contributed by atoms with Crippen LogP contribution in [0.25, 0.3) is 0 Å². The second-order valence-electron chi connectivity index (χ2n) is 4.89. The average molecular weight is 308 g/mol. The van der Waals surface area contributed by atoms with Crippen LogP contribution >= 0.6 is 11.6 Å². The Hall–Kier alpha value is -1.58. The second-order valence-corrected chi connectivity index (χ2v) is 5.30. The molecule has 0 amide bonds. The van der Waals surface area contributed by atoms with E-state index in [-0.39, 0.29) is 11.9 Å². The molecule has 0 aliphatic carbocycles. The molecule has 0 heterocycles. The van der Waals surface area contributed by atoms with Gasteiger partial charge in [0.05, 0.1) is 18.2 Å². The van der Waals surface area contributed by atoms with Crippen LogP contribution in [0.3, 0.4) is 0 Å². The van der Waals surface area contributed by atoms with Crippen molar-refractivity contribution < 1.29 is 9.13 Å². The molecule has 0 saturated heterocycles. The highest BCUT2D eigenvalue weighted by Gasteiger charge is 2.16. The molecule has 1 atom stereocenters. The molecule has 2 aromatic carbocycles. The lowest BCUT2D eigenvalue weighted by Gasteiger charge is -2.20. The highest BCUT2D eigenvalue weighted by atomic mass is 35.5. The van der Waals surface area contributed by atoms with Gasteiger partial charge < -0.3 is 10.1 Å². The molecule has 0 saturated carbocycles. The lowest BCUT2D eigenvalue weighted by Crippen LogP contribution is -2.22. The summed E-state index contributed by atoms with van der Waals surface area (Å²) in [6.45, 7) is 4.54. The van der Waals surface area contributed by atoms with E-state index in [1.165, 1.54) is 0 Å². The minimum atomic E-state index is -0.198. The van der Waals surface area contributed by atoms with Gasteiger partial charge in [0.15, 0.2) is 0 Å². The first-order valence-electron chi connectivity index (χ1n) is 6.89. The van der Waals surface area contributed by atoms with Crippen molar-refractivity contribution in [3.05, 3.63) is 63.9 Å². The molecule has 0 radical (unpaired) electrons. The summed E-state index contributed by atoms with van der Waals surface area (Å²) in [6.07, 6.45) is 0. The van der Waals surface area contributed by atoms with E-state index in [4.69, 9.17) is 16.3 Å². The first-order chi connectivity index (χ1) is 10.1. The number of methoxy groups -OCH3 is 1. The summed E-state index contributed by atoms with van der Waals surface area (Å²) in [5.74, 6) is 0.418. The van der Waals surface area contributed by atoms with E-state index in [1.807, 2.05) is 25.1 Å². The van der Waals surface area contributed by atoms with Crippen molar-refractivity contribution in [2.45, 2.75) is 19.9 Å². The third kappa shape index (κ3) is 3.55. The number of aryl methyl sites for hydroxylation is 1. The van der Waals surface area contributed by atoms with Crippen LogP contribution in [0.2, 0.25) is 5.02 Å². The molecule has 1 N–H and O–H groups in total. The van der Waals surface area contributed by atoms with E-state index < -0.39 is 0 Å². The molecule has 2 nitrogen and oxygen atoms in total. The van der Waals surface area contributed by atoms with Gasteiger partial charge in [-0.3, -0.25) is 0 Å². The fraction of sp³-hybridized carbons (Fsp3) is 0.294. The van der Waals surface area contributed by atoms with Crippen LogP contribution in [0.1, 0.15) is 29.7 Å². The van der Waals surface area contributed by atoms with Crippen LogP contribution in [0.4, 0.5) is 4.39 Å². The van der Waals surface area contributed by atoms with Gasteiger partial charge in [-0.1, -0.05) is 36.7 Å². The Morgan fingerprint density at radius 1 is 1.19 bits per heavy atom. The summed E-state index contributed by atoms with van der Waals surface area (Å²) >= 11 is 6.06. The van der Waals surface area contributed by atoms with Crippen LogP contribution in [0.15, 0.2) is 36.4 Å². The average Bonchev–Trinajstić information content (AvgIpc) is 2.48. The van der Waals surface area contributed by atoms with Gasteiger partial charge in [0.2, 0.25) is 0 Å². The Bertz CT molecular complexity index is 630. The number of nitrogens with one attached hydrogen (secondary N) is 1. The summed E-state index contributed by atoms with van der Waals surface area (Å²) in [4.78, 5) is 0. The monoisotopic (exact) mass is 307 g/mol. The minimum absolute atomic E-state index is 0.101. The minimum Gasteiger partial charge on any atom is -0.495 e. The van der Waals surface area contributed by atoms with Gasteiger partial charge in [-0.05, 0) is 48.4 Å². The molecule has 0 bridgehead atoms. The molecule has 4 heteroatoms. The topological polar surface area (TPSA) is 21.3 Å². The number of hydrogen-bond acceptors (Lipinski definition) is 2. The third-order valence-electron chi connectivity index (χ3n) is 3.45. The summed E-state index contributed by atoms with van der Waals surface area (Å²) in [7, 11) is 1.58. The summed E-state index contributed by atoms with van der Waals surface area (Å²) in [5.41, 5.74) is 2.51. The first-order valence-corrected chi connectivity index (χ1v) is 7.27. The van der Waals surface area contributed by atoms with Crippen molar-refractivity contribution in [3.8, 4) is 5.75 Å². The maximum absolute atomic E-state index is 13.8. The number of halogens is 2. The molecular formula is C17H19ClFNO. The summed E-state index contributed by atoms with van der Waals surface area (Å²) in [6, 6.07) is 10.8. The van der Waals surface area contributed by atoms with E-state index in [0.717, 1.165) is 17.7 Å². The standard InChI is InChI=1S/C17H19ClFNO/c1-4-20-17(12-6-5-11(2)15(19)9-12)13-7-8-14(18)16(10-13)21-3/h5-10,17,20H,4H2,1-3H3. The zero-order valence-corrected chi connectivity index (χ0v) is 13.2. The number of rotatable bonds is 5. The molecule has 0 aromatic heterocycles. The van der Waals surface area contributed by atoms with Crippen molar-refractivity contribution in [1.82, 2.24) is 5.32 Å². The van der Waals surface area contributed by atoms with Crippen molar-refractivity contribution in [2.24, 2.45) is 0 Å².